The van der Waals surface area contributed by atoms with Crippen molar-refractivity contribution in [1.82, 2.24) is 9.88 Å². The number of hydrogen-bond donors (Lipinski definition) is 0. The highest BCUT2D eigenvalue weighted by Gasteiger charge is 2.28. The zero-order valence-corrected chi connectivity index (χ0v) is 17.4. The Bertz CT molecular complexity index is 987. The van der Waals surface area contributed by atoms with E-state index in [2.05, 4.69) is 11.9 Å². The van der Waals surface area contributed by atoms with Gasteiger partial charge < -0.3 is 14.4 Å². The molecule has 1 atom stereocenters. The van der Waals surface area contributed by atoms with E-state index >= 15 is 0 Å². The van der Waals surface area contributed by atoms with Crippen molar-refractivity contribution in [3.63, 3.8) is 0 Å². The lowest BCUT2D eigenvalue weighted by Crippen LogP contribution is -2.31. The van der Waals surface area contributed by atoms with Crippen LogP contribution >= 0.6 is 0 Å². The van der Waals surface area contributed by atoms with Crippen molar-refractivity contribution < 1.29 is 14.3 Å². The van der Waals surface area contributed by atoms with Crippen LogP contribution in [-0.2, 0) is 0 Å². The van der Waals surface area contributed by atoms with Crippen molar-refractivity contribution in [3.8, 4) is 11.6 Å². The number of pyridine rings is 1. The molecule has 0 radical (unpaired) electrons. The van der Waals surface area contributed by atoms with Gasteiger partial charge in [0.1, 0.15) is 11.9 Å². The van der Waals surface area contributed by atoms with Crippen LogP contribution in [0.5, 0.6) is 11.6 Å². The lowest BCUT2D eigenvalue weighted by Gasteiger charge is -2.17. The minimum absolute atomic E-state index is 0.0325. The number of amides is 1. The number of para-hydroxylation sites is 1. The van der Waals surface area contributed by atoms with Crippen molar-refractivity contribution in [3.05, 3.63) is 66.2 Å². The van der Waals surface area contributed by atoms with E-state index in [4.69, 9.17) is 9.47 Å². The number of ether oxygens (including phenoxy) is 2. The number of rotatable bonds is 8. The molecule has 5 heteroatoms. The Morgan fingerprint density at radius 2 is 1.90 bits per heavy atom. The fourth-order valence-electron chi connectivity index (χ4n) is 3.71. The highest BCUT2D eigenvalue weighted by molar-refractivity contribution is 5.94. The van der Waals surface area contributed by atoms with Gasteiger partial charge in [0.25, 0.3) is 5.91 Å². The van der Waals surface area contributed by atoms with E-state index in [9.17, 15) is 4.79 Å². The van der Waals surface area contributed by atoms with Gasteiger partial charge in [-0.2, -0.15) is 0 Å². The molecule has 1 aliphatic heterocycles. The predicted octanol–water partition coefficient (Wildman–Crippen LogP) is 5.10. The maximum atomic E-state index is 12.8. The first kappa shape index (κ1) is 20.2. The van der Waals surface area contributed by atoms with Gasteiger partial charge in [-0.1, -0.05) is 38.0 Å². The summed E-state index contributed by atoms with van der Waals surface area (Å²) < 4.78 is 11.8. The van der Waals surface area contributed by atoms with Crippen LogP contribution in [0.4, 0.5) is 0 Å². The molecule has 5 nitrogen and oxygen atoms in total. The molecule has 1 saturated heterocycles. The maximum Gasteiger partial charge on any atom is 0.253 e. The minimum atomic E-state index is -0.0382. The molecule has 0 N–H and O–H groups in total. The summed E-state index contributed by atoms with van der Waals surface area (Å²) in [5.74, 6) is 1.45. The molecule has 4 rings (SSSR count). The van der Waals surface area contributed by atoms with E-state index in [1.165, 1.54) is 12.8 Å². The summed E-state index contributed by atoms with van der Waals surface area (Å²) in [6.45, 7) is 4.15. The number of hydrogen-bond acceptors (Lipinski definition) is 4. The quantitative estimate of drug-likeness (QED) is 0.490. The lowest BCUT2D eigenvalue weighted by atomic mass is 10.2. The monoisotopic (exact) mass is 404 g/mol. The largest absolute Gasteiger partial charge is 0.494 e. The number of carbonyl (C=O) groups excluding carboxylic acids is 1. The van der Waals surface area contributed by atoms with Gasteiger partial charge in [-0.25, -0.2) is 4.98 Å². The number of benzene rings is 2. The molecule has 1 unspecified atom stereocenters. The average Bonchev–Trinajstić information content (AvgIpc) is 3.25. The van der Waals surface area contributed by atoms with Crippen molar-refractivity contribution in [2.45, 2.75) is 38.7 Å². The van der Waals surface area contributed by atoms with E-state index in [0.717, 1.165) is 36.1 Å². The van der Waals surface area contributed by atoms with Crippen LogP contribution in [0.25, 0.3) is 10.9 Å². The average molecular weight is 405 g/mol. The summed E-state index contributed by atoms with van der Waals surface area (Å²) in [6, 6.07) is 19.3. The normalized spacial score (nSPS) is 16.0. The number of likely N-dealkylation sites (tertiary alicyclic amines) is 1. The van der Waals surface area contributed by atoms with Crippen molar-refractivity contribution in [2.24, 2.45) is 0 Å². The number of aromatic nitrogens is 1. The smallest absolute Gasteiger partial charge is 0.253 e. The first-order valence-corrected chi connectivity index (χ1v) is 10.8. The van der Waals surface area contributed by atoms with Gasteiger partial charge in [0.15, 0.2) is 0 Å². The fraction of sp³-hybridized carbons (Fsp3) is 0.360. The molecule has 30 heavy (non-hydrogen) atoms. The molecule has 1 aromatic heterocycles. The zero-order chi connectivity index (χ0) is 20.8. The summed E-state index contributed by atoms with van der Waals surface area (Å²) in [4.78, 5) is 19.3. The second-order valence-electron chi connectivity index (χ2n) is 7.70. The number of unbranched alkanes of at least 4 members (excludes halogenated alkanes) is 2. The van der Waals surface area contributed by atoms with Crippen LogP contribution in [0, 0.1) is 0 Å². The van der Waals surface area contributed by atoms with Crippen LogP contribution in [0.2, 0.25) is 0 Å². The van der Waals surface area contributed by atoms with E-state index < -0.39 is 0 Å². The maximum absolute atomic E-state index is 12.8. The van der Waals surface area contributed by atoms with Crippen molar-refractivity contribution in [1.29, 1.82) is 0 Å². The molecule has 0 saturated carbocycles. The first-order chi connectivity index (χ1) is 14.7. The van der Waals surface area contributed by atoms with Crippen LogP contribution in [-0.4, -0.2) is 41.6 Å². The highest BCUT2D eigenvalue weighted by atomic mass is 16.5. The van der Waals surface area contributed by atoms with E-state index in [0.29, 0.717) is 24.5 Å². The van der Waals surface area contributed by atoms with Gasteiger partial charge in [0.2, 0.25) is 5.88 Å². The molecule has 156 valence electrons. The molecule has 2 aromatic carbocycles. The summed E-state index contributed by atoms with van der Waals surface area (Å²) in [7, 11) is 0. The molecular weight excluding hydrogens is 376 g/mol. The van der Waals surface area contributed by atoms with Crippen LogP contribution in [0.15, 0.2) is 60.7 Å². The third kappa shape index (κ3) is 4.90. The Kier molecular flexibility index (Phi) is 6.47. The SMILES string of the molecule is CCCCCOc1ccc(C(=O)N2CCC(Oc3ccc4ccccc4n3)C2)cc1. The Balaban J connectivity index is 1.31. The summed E-state index contributed by atoms with van der Waals surface area (Å²) in [5, 5.41) is 1.09. The summed E-state index contributed by atoms with van der Waals surface area (Å²) in [5.41, 5.74) is 1.60. The van der Waals surface area contributed by atoms with Crippen LogP contribution in [0.1, 0.15) is 43.0 Å². The molecule has 0 spiro atoms. The molecule has 2 heterocycles. The van der Waals surface area contributed by atoms with Gasteiger partial charge in [-0.05, 0) is 42.8 Å². The molecule has 0 aliphatic carbocycles. The van der Waals surface area contributed by atoms with Crippen molar-refractivity contribution >= 4 is 16.8 Å². The van der Waals surface area contributed by atoms with E-state index in [-0.39, 0.29) is 12.0 Å². The molecule has 0 bridgehead atoms. The number of nitrogens with zero attached hydrogens (tertiary/aromatic N) is 2. The highest BCUT2D eigenvalue weighted by Crippen LogP contribution is 2.22. The van der Waals surface area contributed by atoms with Gasteiger partial charge in [0, 0.05) is 30.0 Å². The first-order valence-electron chi connectivity index (χ1n) is 10.8. The topological polar surface area (TPSA) is 51.7 Å². The Labute approximate surface area is 177 Å². The molecule has 1 amide bonds. The van der Waals surface area contributed by atoms with E-state index in [1.807, 2.05) is 65.6 Å². The molecule has 3 aromatic rings. The van der Waals surface area contributed by atoms with Crippen LogP contribution in [0.3, 0.4) is 0 Å². The second-order valence-corrected chi connectivity index (χ2v) is 7.70. The third-order valence-electron chi connectivity index (χ3n) is 5.41. The lowest BCUT2D eigenvalue weighted by molar-refractivity contribution is 0.0771. The van der Waals surface area contributed by atoms with Gasteiger partial charge in [-0.15, -0.1) is 0 Å². The van der Waals surface area contributed by atoms with Gasteiger partial charge in [-0.3, -0.25) is 4.79 Å². The Morgan fingerprint density at radius 3 is 2.73 bits per heavy atom. The number of carbonyl (C=O) groups is 1. The standard InChI is InChI=1S/C25H28N2O3/c1-2-3-6-17-29-21-12-9-20(10-13-21)25(28)27-16-15-22(18-27)30-24-14-11-19-7-4-5-8-23(19)26-24/h4-5,7-14,22H,2-3,6,15-18H2,1H3. The Morgan fingerprint density at radius 1 is 1.07 bits per heavy atom. The van der Waals surface area contributed by atoms with E-state index in [1.54, 1.807) is 0 Å². The molecular formula is C25H28N2O3. The molecule has 1 aliphatic rings. The fourth-order valence-corrected chi connectivity index (χ4v) is 3.71. The summed E-state index contributed by atoms with van der Waals surface area (Å²) in [6.07, 6.45) is 4.17. The van der Waals surface area contributed by atoms with Gasteiger partial charge in [0.05, 0.1) is 18.7 Å². The second kappa shape index (κ2) is 9.61. The number of fused-ring (bicyclic) bond motifs is 1. The minimum Gasteiger partial charge on any atom is -0.494 e. The van der Waals surface area contributed by atoms with Gasteiger partial charge >= 0.3 is 0 Å². The third-order valence-corrected chi connectivity index (χ3v) is 5.41. The van der Waals surface area contributed by atoms with Crippen molar-refractivity contribution in [2.75, 3.05) is 19.7 Å². The van der Waals surface area contributed by atoms with Crippen LogP contribution < -0.4 is 9.47 Å². The predicted molar refractivity (Wildman–Crippen MR) is 118 cm³/mol. The zero-order valence-electron chi connectivity index (χ0n) is 17.4. The molecule has 1 fully saturated rings. The Hall–Kier alpha value is -3.08. The summed E-state index contributed by atoms with van der Waals surface area (Å²) >= 11 is 0.